The Hall–Kier alpha value is -2.04. The second kappa shape index (κ2) is 5.75. The SMILES string of the molecule is Cc1cn([C@@H]2O[C@H](CC(C)(N)C(=O)O)[C@@](C)(O)[C@@]2(C)F)c(=O)[nH]c1=O. The number of ether oxygens (including phenoxy) is 1. The lowest BCUT2D eigenvalue weighted by Crippen LogP contribution is -2.56. The highest BCUT2D eigenvalue weighted by Crippen LogP contribution is 2.49. The summed E-state index contributed by atoms with van der Waals surface area (Å²) in [6.07, 6.45) is -2.12. The fourth-order valence-electron chi connectivity index (χ4n) is 2.79. The molecule has 0 spiro atoms. The number of nitrogens with one attached hydrogen (secondary N) is 1. The normalized spacial score (nSPS) is 34.7. The molecule has 5 atom stereocenters. The van der Waals surface area contributed by atoms with Crippen molar-refractivity contribution in [2.75, 3.05) is 0 Å². The van der Waals surface area contributed by atoms with Crippen LogP contribution >= 0.6 is 0 Å². The molecule has 5 N–H and O–H groups in total. The third kappa shape index (κ3) is 3.00. The van der Waals surface area contributed by atoms with Gasteiger partial charge in [0.2, 0.25) is 0 Å². The summed E-state index contributed by atoms with van der Waals surface area (Å²) < 4.78 is 21.7. The largest absolute Gasteiger partial charge is 0.480 e. The van der Waals surface area contributed by atoms with E-state index in [1.165, 1.54) is 13.8 Å². The molecule has 1 fully saturated rings. The first-order valence-corrected chi connectivity index (χ1v) is 7.63. The molecule has 1 unspecified atom stereocenters. The van der Waals surface area contributed by atoms with Crippen LogP contribution in [0.25, 0.3) is 0 Å². The first-order valence-electron chi connectivity index (χ1n) is 7.63. The van der Waals surface area contributed by atoms with E-state index in [-0.39, 0.29) is 12.0 Å². The van der Waals surface area contributed by atoms with Crippen LogP contribution in [0, 0.1) is 6.92 Å². The summed E-state index contributed by atoms with van der Waals surface area (Å²) in [5.41, 5.74) is -2.06. The Labute approximate surface area is 142 Å². The van der Waals surface area contributed by atoms with Crippen molar-refractivity contribution in [1.29, 1.82) is 0 Å². The van der Waals surface area contributed by atoms with Gasteiger partial charge in [-0.15, -0.1) is 0 Å². The van der Waals surface area contributed by atoms with Crippen LogP contribution in [0.4, 0.5) is 4.39 Å². The zero-order valence-electron chi connectivity index (χ0n) is 14.4. The molecule has 2 heterocycles. The average molecular weight is 359 g/mol. The maximum Gasteiger partial charge on any atom is 0.330 e. The van der Waals surface area contributed by atoms with Crippen LogP contribution in [0.2, 0.25) is 0 Å². The number of aromatic amines is 1. The molecule has 1 saturated heterocycles. The molecule has 0 aromatic carbocycles. The standard InChI is InChI=1S/C15H22FN3O6/c1-7-6-19(12(23)18-9(7)20)10-14(3,16)15(4,24)8(25-10)5-13(2,17)11(21)22/h6,8,10,24H,5,17H2,1-4H3,(H,21,22)(H,18,20,23)/t8-,10-,13?,14+,15-/m1/s1. The number of nitrogens with zero attached hydrogens (tertiary/aromatic N) is 1. The first kappa shape index (κ1) is 19.3. The minimum Gasteiger partial charge on any atom is -0.480 e. The number of hydrogen-bond acceptors (Lipinski definition) is 6. The predicted octanol–water partition coefficient (Wildman–Crippen LogP) is -0.586. The van der Waals surface area contributed by atoms with E-state index >= 15 is 4.39 Å². The van der Waals surface area contributed by atoms with Crippen molar-refractivity contribution in [1.82, 2.24) is 9.55 Å². The van der Waals surface area contributed by atoms with Gasteiger partial charge in [0.1, 0.15) is 11.1 Å². The molecule has 1 aromatic heterocycles. The molecule has 1 aliphatic rings. The first-order chi connectivity index (χ1) is 11.2. The minimum atomic E-state index is -2.46. The highest BCUT2D eigenvalue weighted by molar-refractivity contribution is 5.77. The van der Waals surface area contributed by atoms with Gasteiger partial charge in [0.05, 0.1) is 6.10 Å². The fraction of sp³-hybridized carbons (Fsp3) is 0.667. The Morgan fingerprint density at radius 2 is 2.08 bits per heavy atom. The molecule has 2 rings (SSSR count). The van der Waals surface area contributed by atoms with Gasteiger partial charge in [0.15, 0.2) is 11.9 Å². The van der Waals surface area contributed by atoms with Gasteiger partial charge in [-0.2, -0.15) is 0 Å². The Morgan fingerprint density at radius 1 is 1.52 bits per heavy atom. The maximum atomic E-state index is 15.4. The van der Waals surface area contributed by atoms with Crippen LogP contribution in [-0.4, -0.2) is 48.6 Å². The summed E-state index contributed by atoms with van der Waals surface area (Å²) in [5.74, 6) is -1.34. The van der Waals surface area contributed by atoms with Crippen molar-refractivity contribution in [3.8, 4) is 0 Å². The van der Waals surface area contributed by atoms with Crippen LogP contribution in [0.5, 0.6) is 0 Å². The number of carbonyl (C=O) groups is 1. The van der Waals surface area contributed by atoms with Gasteiger partial charge in [0, 0.05) is 18.2 Å². The van der Waals surface area contributed by atoms with Crippen molar-refractivity contribution in [3.63, 3.8) is 0 Å². The van der Waals surface area contributed by atoms with E-state index in [1.54, 1.807) is 0 Å². The molecular weight excluding hydrogens is 337 g/mol. The summed E-state index contributed by atoms with van der Waals surface area (Å²) >= 11 is 0. The van der Waals surface area contributed by atoms with Gasteiger partial charge in [-0.05, 0) is 27.7 Å². The van der Waals surface area contributed by atoms with Gasteiger partial charge in [-0.1, -0.05) is 0 Å². The van der Waals surface area contributed by atoms with Crippen molar-refractivity contribution in [2.24, 2.45) is 5.73 Å². The fourth-order valence-corrected chi connectivity index (χ4v) is 2.79. The number of aromatic nitrogens is 2. The van der Waals surface area contributed by atoms with E-state index in [0.717, 1.165) is 24.6 Å². The van der Waals surface area contributed by atoms with E-state index in [4.69, 9.17) is 15.6 Å². The second-order valence-electron chi connectivity index (χ2n) is 7.11. The molecule has 9 nitrogen and oxygen atoms in total. The number of rotatable bonds is 4. The van der Waals surface area contributed by atoms with Gasteiger partial charge in [0.25, 0.3) is 5.56 Å². The Morgan fingerprint density at radius 3 is 2.60 bits per heavy atom. The number of carboxylic acids is 1. The Balaban J connectivity index is 2.49. The summed E-state index contributed by atoms with van der Waals surface area (Å²) in [4.78, 5) is 36.8. The lowest BCUT2D eigenvalue weighted by molar-refractivity contribution is -0.146. The molecule has 25 heavy (non-hydrogen) atoms. The smallest absolute Gasteiger partial charge is 0.330 e. The third-order valence-electron chi connectivity index (χ3n) is 4.87. The molecule has 0 radical (unpaired) electrons. The van der Waals surface area contributed by atoms with Crippen molar-refractivity contribution >= 4 is 5.97 Å². The van der Waals surface area contributed by atoms with Gasteiger partial charge < -0.3 is 20.7 Å². The molecule has 140 valence electrons. The topological polar surface area (TPSA) is 148 Å². The molecule has 0 aliphatic carbocycles. The van der Waals surface area contributed by atoms with Crippen LogP contribution in [0.3, 0.4) is 0 Å². The number of hydrogen-bond donors (Lipinski definition) is 4. The summed E-state index contributed by atoms with van der Waals surface area (Å²) in [7, 11) is 0. The zero-order chi connectivity index (χ0) is 19.4. The number of alkyl halides is 1. The van der Waals surface area contributed by atoms with Gasteiger partial charge in [-0.3, -0.25) is 19.1 Å². The number of aliphatic carboxylic acids is 1. The van der Waals surface area contributed by atoms with Gasteiger partial charge >= 0.3 is 11.7 Å². The highest BCUT2D eigenvalue weighted by Gasteiger charge is 2.64. The van der Waals surface area contributed by atoms with E-state index in [1.807, 2.05) is 4.98 Å². The highest BCUT2D eigenvalue weighted by atomic mass is 19.1. The average Bonchev–Trinajstić information content (AvgIpc) is 2.62. The Kier molecular flexibility index (Phi) is 4.44. The van der Waals surface area contributed by atoms with Crippen LogP contribution < -0.4 is 17.0 Å². The van der Waals surface area contributed by atoms with E-state index in [0.29, 0.717) is 0 Å². The molecule has 0 bridgehead atoms. The predicted molar refractivity (Wildman–Crippen MR) is 85.0 cm³/mol. The van der Waals surface area contributed by atoms with Crippen molar-refractivity contribution in [2.45, 2.75) is 63.3 Å². The zero-order valence-corrected chi connectivity index (χ0v) is 14.4. The number of aliphatic hydroxyl groups is 1. The lowest BCUT2D eigenvalue weighted by Gasteiger charge is -2.34. The van der Waals surface area contributed by atoms with E-state index in [2.05, 4.69) is 0 Å². The maximum absolute atomic E-state index is 15.4. The number of aryl methyl sites for hydroxylation is 1. The third-order valence-corrected chi connectivity index (χ3v) is 4.87. The second-order valence-corrected chi connectivity index (χ2v) is 7.11. The van der Waals surface area contributed by atoms with Gasteiger partial charge in [-0.25, -0.2) is 9.18 Å². The number of carboxylic acid groups (broad SMARTS) is 1. The van der Waals surface area contributed by atoms with Crippen molar-refractivity contribution in [3.05, 3.63) is 32.6 Å². The molecule has 10 heteroatoms. The summed E-state index contributed by atoms with van der Waals surface area (Å²) in [6, 6.07) is 0. The quantitative estimate of drug-likeness (QED) is 0.562. The lowest BCUT2D eigenvalue weighted by atomic mass is 9.80. The number of nitrogens with two attached hydrogens (primary N) is 1. The number of H-pyrrole nitrogens is 1. The van der Waals surface area contributed by atoms with Crippen molar-refractivity contribution < 1.29 is 24.1 Å². The molecule has 0 amide bonds. The van der Waals surface area contributed by atoms with Crippen LogP contribution in [0.1, 0.15) is 39.0 Å². The summed E-state index contributed by atoms with van der Waals surface area (Å²) in [5, 5.41) is 19.8. The summed E-state index contributed by atoms with van der Waals surface area (Å²) in [6.45, 7) is 4.84. The number of halogens is 1. The van der Waals surface area contributed by atoms with Crippen LogP contribution in [-0.2, 0) is 9.53 Å². The van der Waals surface area contributed by atoms with E-state index < -0.39 is 46.4 Å². The molecule has 0 saturated carbocycles. The molecular formula is C15H22FN3O6. The monoisotopic (exact) mass is 359 g/mol. The minimum absolute atomic E-state index is 0.149. The molecule has 1 aromatic rings. The van der Waals surface area contributed by atoms with E-state index in [9.17, 15) is 19.5 Å². The van der Waals surface area contributed by atoms with Crippen LogP contribution in [0.15, 0.2) is 15.8 Å². The Bertz CT molecular complexity index is 810. The molecule has 1 aliphatic heterocycles.